The van der Waals surface area contributed by atoms with Crippen molar-refractivity contribution in [3.8, 4) is 0 Å². The zero-order valence-corrected chi connectivity index (χ0v) is 16.4. The molecule has 3 N–H and O–H groups in total. The Bertz CT molecular complexity index is 874. The van der Waals surface area contributed by atoms with Crippen molar-refractivity contribution in [3.05, 3.63) is 58.9 Å². The molecule has 0 aliphatic heterocycles. The average Bonchev–Trinajstić information content (AvgIpc) is 2.57. The number of hydrogen-bond acceptors (Lipinski definition) is 3. The molecule has 0 spiro atoms. The van der Waals surface area contributed by atoms with Gasteiger partial charge in [-0.1, -0.05) is 31.5 Å². The predicted molar refractivity (Wildman–Crippen MR) is 110 cm³/mol. The van der Waals surface area contributed by atoms with Crippen LogP contribution in [0.2, 0.25) is 5.02 Å². The third-order valence-electron chi connectivity index (χ3n) is 3.41. The number of thiocarbonyl (C=S) groups is 1. The maximum atomic E-state index is 13.2. The summed E-state index contributed by atoms with van der Waals surface area (Å²) in [5.41, 5.74) is 1.28. The minimum Gasteiger partial charge on any atom is -0.332 e. The van der Waals surface area contributed by atoms with Gasteiger partial charge in [-0.05, 0) is 54.5 Å². The number of amides is 2. The minimum absolute atomic E-state index is 0.0781. The second-order valence-electron chi connectivity index (χ2n) is 6.26. The number of rotatable bonds is 5. The zero-order chi connectivity index (χ0) is 20.0. The maximum Gasteiger partial charge on any atom is 0.255 e. The molecule has 27 heavy (non-hydrogen) atoms. The third kappa shape index (κ3) is 6.62. The van der Waals surface area contributed by atoms with E-state index in [1.54, 1.807) is 24.3 Å². The second-order valence-corrected chi connectivity index (χ2v) is 7.08. The summed E-state index contributed by atoms with van der Waals surface area (Å²) in [7, 11) is 0. The summed E-state index contributed by atoms with van der Waals surface area (Å²) >= 11 is 10.8. The monoisotopic (exact) mass is 407 g/mol. The molecule has 0 aliphatic rings. The van der Waals surface area contributed by atoms with Gasteiger partial charge in [0.15, 0.2) is 5.11 Å². The van der Waals surface area contributed by atoms with E-state index in [0.29, 0.717) is 23.4 Å². The molecular weight excluding hydrogens is 389 g/mol. The predicted octanol–water partition coefficient (Wildman–Crippen LogP) is 4.59. The fraction of sp³-hybridized carbons (Fsp3) is 0.211. The standard InChI is InChI=1S/C19H19ClFN3O2S/c1-11(2)8-17(25)24-19(27)23-13-5-3-4-12(9-13)18(26)22-14-6-7-16(21)15(20)10-14/h3-7,9-11H,8H2,1-2H3,(H,22,26)(H2,23,24,25,27). The lowest BCUT2D eigenvalue weighted by molar-refractivity contribution is -0.120. The van der Waals surface area contributed by atoms with Crippen molar-refractivity contribution in [1.82, 2.24) is 5.32 Å². The van der Waals surface area contributed by atoms with Gasteiger partial charge >= 0.3 is 0 Å². The van der Waals surface area contributed by atoms with Crippen LogP contribution in [-0.4, -0.2) is 16.9 Å². The molecule has 2 aromatic rings. The SMILES string of the molecule is CC(C)CC(=O)NC(=S)Nc1cccc(C(=O)Nc2ccc(F)c(Cl)c2)c1. The molecule has 0 heterocycles. The largest absolute Gasteiger partial charge is 0.332 e. The Kier molecular flexibility index (Phi) is 7.27. The molecule has 0 aliphatic carbocycles. The van der Waals surface area contributed by atoms with Gasteiger partial charge < -0.3 is 16.0 Å². The Labute approximate surface area is 167 Å². The van der Waals surface area contributed by atoms with Crippen LogP contribution in [0, 0.1) is 11.7 Å². The topological polar surface area (TPSA) is 70.2 Å². The van der Waals surface area contributed by atoms with Crippen LogP contribution in [0.1, 0.15) is 30.6 Å². The Morgan fingerprint density at radius 2 is 1.81 bits per heavy atom. The van der Waals surface area contributed by atoms with Crippen molar-refractivity contribution in [1.29, 1.82) is 0 Å². The molecule has 0 atom stereocenters. The molecule has 0 bridgehead atoms. The number of nitrogens with one attached hydrogen (secondary N) is 3. The zero-order valence-electron chi connectivity index (χ0n) is 14.8. The number of hydrogen-bond donors (Lipinski definition) is 3. The van der Waals surface area contributed by atoms with E-state index in [9.17, 15) is 14.0 Å². The van der Waals surface area contributed by atoms with E-state index in [1.165, 1.54) is 18.2 Å². The van der Waals surface area contributed by atoms with E-state index in [1.807, 2.05) is 13.8 Å². The van der Waals surface area contributed by atoms with Gasteiger partial charge in [-0.25, -0.2) is 4.39 Å². The van der Waals surface area contributed by atoms with Crippen LogP contribution in [0.5, 0.6) is 0 Å². The van der Waals surface area contributed by atoms with Gasteiger partial charge in [0, 0.05) is 23.4 Å². The Morgan fingerprint density at radius 3 is 2.48 bits per heavy atom. The molecule has 0 aromatic heterocycles. The van der Waals surface area contributed by atoms with Crippen molar-refractivity contribution < 1.29 is 14.0 Å². The second kappa shape index (κ2) is 9.43. The van der Waals surface area contributed by atoms with Crippen molar-refractivity contribution in [3.63, 3.8) is 0 Å². The van der Waals surface area contributed by atoms with E-state index < -0.39 is 11.7 Å². The molecule has 0 saturated carbocycles. The molecule has 2 amide bonds. The van der Waals surface area contributed by atoms with Gasteiger partial charge in [0.25, 0.3) is 5.91 Å². The number of benzene rings is 2. The highest BCUT2D eigenvalue weighted by atomic mass is 35.5. The fourth-order valence-corrected chi connectivity index (χ4v) is 2.64. The normalized spacial score (nSPS) is 10.4. The van der Waals surface area contributed by atoms with Crippen molar-refractivity contribution >= 4 is 52.1 Å². The smallest absolute Gasteiger partial charge is 0.255 e. The summed E-state index contributed by atoms with van der Waals surface area (Å²) in [6.45, 7) is 3.87. The third-order valence-corrected chi connectivity index (χ3v) is 3.90. The summed E-state index contributed by atoms with van der Waals surface area (Å²) in [5, 5.41) is 8.18. The quantitative estimate of drug-likeness (QED) is 0.634. The number of carbonyl (C=O) groups is 2. The van der Waals surface area contributed by atoms with Crippen LogP contribution in [0.25, 0.3) is 0 Å². The Morgan fingerprint density at radius 1 is 1.11 bits per heavy atom. The molecule has 0 fully saturated rings. The van der Waals surface area contributed by atoms with Gasteiger partial charge in [-0.2, -0.15) is 0 Å². The van der Waals surface area contributed by atoms with E-state index in [0.717, 1.165) is 0 Å². The van der Waals surface area contributed by atoms with Crippen LogP contribution in [0.4, 0.5) is 15.8 Å². The molecule has 0 unspecified atom stereocenters. The molecule has 142 valence electrons. The lowest BCUT2D eigenvalue weighted by atomic mass is 10.1. The summed E-state index contributed by atoms with van der Waals surface area (Å²) in [6, 6.07) is 10.5. The van der Waals surface area contributed by atoms with Crippen LogP contribution >= 0.6 is 23.8 Å². The van der Waals surface area contributed by atoms with Crippen LogP contribution < -0.4 is 16.0 Å². The first-order chi connectivity index (χ1) is 12.7. The first-order valence-corrected chi connectivity index (χ1v) is 9.00. The molecule has 2 rings (SSSR count). The average molecular weight is 408 g/mol. The number of carbonyl (C=O) groups excluding carboxylic acids is 2. The van der Waals surface area contributed by atoms with E-state index in [2.05, 4.69) is 16.0 Å². The first kappa shape index (κ1) is 20.8. The van der Waals surface area contributed by atoms with Gasteiger partial charge in [0.2, 0.25) is 5.91 Å². The van der Waals surface area contributed by atoms with E-state index >= 15 is 0 Å². The molecule has 5 nitrogen and oxygen atoms in total. The summed E-state index contributed by atoms with van der Waals surface area (Å²) < 4.78 is 13.2. The summed E-state index contributed by atoms with van der Waals surface area (Å²) in [4.78, 5) is 24.1. The van der Waals surface area contributed by atoms with Crippen LogP contribution in [0.15, 0.2) is 42.5 Å². The molecule has 0 saturated heterocycles. The summed E-state index contributed by atoms with van der Waals surface area (Å²) in [5.74, 6) is -0.908. The van der Waals surface area contributed by atoms with E-state index in [-0.39, 0.29) is 22.0 Å². The fourth-order valence-electron chi connectivity index (χ4n) is 2.23. The molecule has 8 heteroatoms. The van der Waals surface area contributed by atoms with Gasteiger partial charge in [-0.3, -0.25) is 9.59 Å². The van der Waals surface area contributed by atoms with Gasteiger partial charge in [0.1, 0.15) is 5.82 Å². The van der Waals surface area contributed by atoms with Crippen molar-refractivity contribution in [2.45, 2.75) is 20.3 Å². The van der Waals surface area contributed by atoms with Gasteiger partial charge in [0.05, 0.1) is 5.02 Å². The molecule has 2 aromatic carbocycles. The lowest BCUT2D eigenvalue weighted by Crippen LogP contribution is -2.34. The number of anilines is 2. The number of halogens is 2. The highest BCUT2D eigenvalue weighted by Gasteiger charge is 2.10. The highest BCUT2D eigenvalue weighted by molar-refractivity contribution is 7.80. The van der Waals surface area contributed by atoms with E-state index in [4.69, 9.17) is 23.8 Å². The Balaban J connectivity index is 2.01. The molecule has 0 radical (unpaired) electrons. The molecular formula is C19H19ClFN3O2S. The van der Waals surface area contributed by atoms with Crippen molar-refractivity contribution in [2.75, 3.05) is 10.6 Å². The first-order valence-electron chi connectivity index (χ1n) is 8.22. The minimum atomic E-state index is -0.561. The summed E-state index contributed by atoms with van der Waals surface area (Å²) in [6.07, 6.45) is 0.366. The van der Waals surface area contributed by atoms with Gasteiger partial charge in [-0.15, -0.1) is 0 Å². The van der Waals surface area contributed by atoms with Crippen LogP contribution in [0.3, 0.4) is 0 Å². The highest BCUT2D eigenvalue weighted by Crippen LogP contribution is 2.20. The maximum absolute atomic E-state index is 13.2. The van der Waals surface area contributed by atoms with Crippen LogP contribution in [-0.2, 0) is 4.79 Å². The Hall–Kier alpha value is -2.51. The van der Waals surface area contributed by atoms with Crippen molar-refractivity contribution in [2.24, 2.45) is 5.92 Å². The lowest BCUT2D eigenvalue weighted by Gasteiger charge is -2.12.